The number of hydrogen-bond donors (Lipinski definition) is 1. The highest BCUT2D eigenvalue weighted by atomic mass is 16.5. The van der Waals surface area contributed by atoms with E-state index < -0.39 is 0 Å². The first-order valence-corrected chi connectivity index (χ1v) is 3.57. The minimum atomic E-state index is 0.279. The van der Waals surface area contributed by atoms with Crippen molar-refractivity contribution in [2.45, 2.75) is 20.0 Å². The van der Waals surface area contributed by atoms with Crippen molar-refractivity contribution in [2.75, 3.05) is 20.2 Å². The van der Waals surface area contributed by atoms with Crippen LogP contribution in [-0.4, -0.2) is 26.3 Å². The van der Waals surface area contributed by atoms with Gasteiger partial charge in [0, 0.05) is 6.54 Å². The van der Waals surface area contributed by atoms with Crippen LogP contribution in [0.3, 0.4) is 0 Å². The zero-order valence-electron chi connectivity index (χ0n) is 7.11. The smallest absolute Gasteiger partial charge is 0.0675 e. The molecule has 0 radical (unpaired) electrons. The van der Waals surface area contributed by atoms with E-state index >= 15 is 0 Å². The molecule has 1 unspecified atom stereocenters. The minimum absolute atomic E-state index is 0.279. The molecule has 0 aromatic carbocycles. The van der Waals surface area contributed by atoms with E-state index in [1.807, 2.05) is 20.9 Å². The summed E-state index contributed by atoms with van der Waals surface area (Å²) in [7, 11) is 1.92. The third kappa shape index (κ3) is 5.79. The Labute approximate surface area is 63.3 Å². The van der Waals surface area contributed by atoms with Gasteiger partial charge < -0.3 is 10.1 Å². The highest BCUT2D eigenvalue weighted by Gasteiger charge is 1.98. The third-order valence-corrected chi connectivity index (χ3v) is 1.11. The van der Waals surface area contributed by atoms with E-state index in [1.54, 1.807) is 0 Å². The normalized spacial score (nSPS) is 13.1. The Hall–Kier alpha value is -0.340. The molecule has 1 N–H and O–H groups in total. The SMILES string of the molecule is C=C(C)COC(C)CNC. The van der Waals surface area contributed by atoms with Gasteiger partial charge in [-0.3, -0.25) is 0 Å². The predicted molar refractivity (Wildman–Crippen MR) is 44.2 cm³/mol. The van der Waals surface area contributed by atoms with Crippen LogP contribution >= 0.6 is 0 Å². The second-order valence-electron chi connectivity index (χ2n) is 2.64. The lowest BCUT2D eigenvalue weighted by Crippen LogP contribution is -2.24. The Bertz CT molecular complexity index is 101. The van der Waals surface area contributed by atoms with E-state index in [0.717, 1.165) is 12.1 Å². The van der Waals surface area contributed by atoms with Crippen molar-refractivity contribution in [3.05, 3.63) is 12.2 Å². The minimum Gasteiger partial charge on any atom is -0.373 e. The molecule has 1 atom stereocenters. The van der Waals surface area contributed by atoms with Gasteiger partial charge in [-0.25, -0.2) is 0 Å². The van der Waals surface area contributed by atoms with E-state index in [2.05, 4.69) is 11.9 Å². The lowest BCUT2D eigenvalue weighted by atomic mass is 10.3. The molecule has 0 aliphatic carbocycles. The maximum absolute atomic E-state index is 5.38. The van der Waals surface area contributed by atoms with Crippen molar-refractivity contribution in [1.82, 2.24) is 5.32 Å². The number of likely N-dealkylation sites (N-methyl/N-ethyl adjacent to an activating group) is 1. The summed E-state index contributed by atoms with van der Waals surface area (Å²) in [5.41, 5.74) is 1.07. The molecule has 0 aliphatic rings. The summed E-state index contributed by atoms with van der Waals surface area (Å²) < 4.78 is 5.38. The molecule has 0 spiro atoms. The van der Waals surface area contributed by atoms with Gasteiger partial charge in [0.05, 0.1) is 12.7 Å². The maximum Gasteiger partial charge on any atom is 0.0675 e. The molecular weight excluding hydrogens is 126 g/mol. The lowest BCUT2D eigenvalue weighted by Gasteiger charge is -2.11. The second kappa shape index (κ2) is 5.45. The molecule has 0 rings (SSSR count). The highest BCUT2D eigenvalue weighted by Crippen LogP contribution is 1.93. The van der Waals surface area contributed by atoms with E-state index in [1.165, 1.54) is 0 Å². The van der Waals surface area contributed by atoms with Gasteiger partial charge >= 0.3 is 0 Å². The Kier molecular flexibility index (Phi) is 5.26. The summed E-state index contributed by atoms with van der Waals surface area (Å²) in [5.74, 6) is 0. The highest BCUT2D eigenvalue weighted by molar-refractivity contribution is 4.87. The zero-order chi connectivity index (χ0) is 7.98. The number of ether oxygens (including phenoxy) is 1. The van der Waals surface area contributed by atoms with E-state index in [-0.39, 0.29) is 6.10 Å². The van der Waals surface area contributed by atoms with E-state index in [0.29, 0.717) is 6.61 Å². The van der Waals surface area contributed by atoms with Crippen LogP contribution < -0.4 is 5.32 Å². The molecule has 60 valence electrons. The van der Waals surface area contributed by atoms with Gasteiger partial charge in [-0.15, -0.1) is 0 Å². The van der Waals surface area contributed by atoms with Gasteiger partial charge in [0.15, 0.2) is 0 Å². The zero-order valence-corrected chi connectivity index (χ0v) is 7.11. The standard InChI is InChI=1S/C8H17NO/c1-7(2)6-10-8(3)5-9-4/h8-9H,1,5-6H2,2-4H3. The Morgan fingerprint density at radius 3 is 2.70 bits per heavy atom. The summed E-state index contributed by atoms with van der Waals surface area (Å²) in [5, 5.41) is 3.04. The Morgan fingerprint density at radius 2 is 2.30 bits per heavy atom. The van der Waals surface area contributed by atoms with Crippen LogP contribution in [0.25, 0.3) is 0 Å². The second-order valence-corrected chi connectivity index (χ2v) is 2.64. The maximum atomic E-state index is 5.38. The average molecular weight is 143 g/mol. The quantitative estimate of drug-likeness (QED) is 0.584. The van der Waals surface area contributed by atoms with Crippen LogP contribution in [0.5, 0.6) is 0 Å². The molecule has 0 aromatic rings. The molecule has 2 heteroatoms. The van der Waals surface area contributed by atoms with Crippen molar-refractivity contribution >= 4 is 0 Å². The van der Waals surface area contributed by atoms with Crippen LogP contribution in [0.1, 0.15) is 13.8 Å². The first kappa shape index (κ1) is 9.66. The molecule has 0 aromatic heterocycles. The molecule has 0 heterocycles. The molecule has 10 heavy (non-hydrogen) atoms. The summed E-state index contributed by atoms with van der Waals surface area (Å²) in [4.78, 5) is 0. The van der Waals surface area contributed by atoms with Gasteiger partial charge in [-0.2, -0.15) is 0 Å². The largest absolute Gasteiger partial charge is 0.373 e. The van der Waals surface area contributed by atoms with Gasteiger partial charge in [0.25, 0.3) is 0 Å². The molecule has 0 saturated carbocycles. The number of nitrogens with one attached hydrogen (secondary N) is 1. The van der Waals surface area contributed by atoms with E-state index in [4.69, 9.17) is 4.74 Å². The fourth-order valence-corrected chi connectivity index (χ4v) is 0.631. The lowest BCUT2D eigenvalue weighted by molar-refractivity contribution is 0.0848. The summed E-state index contributed by atoms with van der Waals surface area (Å²) in [6.07, 6.45) is 0.279. The summed E-state index contributed by atoms with van der Waals surface area (Å²) in [6.45, 7) is 9.31. The fraction of sp³-hybridized carbons (Fsp3) is 0.750. The average Bonchev–Trinajstić information content (AvgIpc) is 1.85. The monoisotopic (exact) mass is 143 g/mol. The topological polar surface area (TPSA) is 21.3 Å². The van der Waals surface area contributed by atoms with Crippen LogP contribution in [0.4, 0.5) is 0 Å². The molecule has 0 aliphatic heterocycles. The van der Waals surface area contributed by atoms with Crippen molar-refractivity contribution < 1.29 is 4.74 Å². The van der Waals surface area contributed by atoms with Crippen LogP contribution in [0.2, 0.25) is 0 Å². The number of rotatable bonds is 5. The van der Waals surface area contributed by atoms with Crippen molar-refractivity contribution in [3.8, 4) is 0 Å². The first-order valence-electron chi connectivity index (χ1n) is 3.57. The number of hydrogen-bond acceptors (Lipinski definition) is 2. The van der Waals surface area contributed by atoms with Crippen LogP contribution in [0, 0.1) is 0 Å². The Balaban J connectivity index is 3.21. The van der Waals surface area contributed by atoms with Gasteiger partial charge in [-0.05, 0) is 20.9 Å². The molecule has 0 saturated heterocycles. The van der Waals surface area contributed by atoms with Gasteiger partial charge in [-0.1, -0.05) is 12.2 Å². The van der Waals surface area contributed by atoms with Crippen LogP contribution in [0.15, 0.2) is 12.2 Å². The predicted octanol–water partition coefficient (Wildman–Crippen LogP) is 1.19. The van der Waals surface area contributed by atoms with Crippen molar-refractivity contribution in [2.24, 2.45) is 0 Å². The van der Waals surface area contributed by atoms with Crippen molar-refractivity contribution in [1.29, 1.82) is 0 Å². The Morgan fingerprint density at radius 1 is 1.70 bits per heavy atom. The molecule has 0 amide bonds. The van der Waals surface area contributed by atoms with E-state index in [9.17, 15) is 0 Å². The molecule has 2 nitrogen and oxygen atoms in total. The molecule has 0 fully saturated rings. The summed E-state index contributed by atoms with van der Waals surface area (Å²) in [6, 6.07) is 0. The summed E-state index contributed by atoms with van der Waals surface area (Å²) >= 11 is 0. The van der Waals surface area contributed by atoms with Gasteiger partial charge in [0.1, 0.15) is 0 Å². The molecular formula is C8H17NO. The molecule has 0 bridgehead atoms. The van der Waals surface area contributed by atoms with Crippen molar-refractivity contribution in [3.63, 3.8) is 0 Å². The third-order valence-electron chi connectivity index (χ3n) is 1.11. The van der Waals surface area contributed by atoms with Gasteiger partial charge in [0.2, 0.25) is 0 Å². The fourth-order valence-electron chi connectivity index (χ4n) is 0.631. The van der Waals surface area contributed by atoms with Crippen LogP contribution in [-0.2, 0) is 4.74 Å². The first-order chi connectivity index (χ1) is 4.66.